The molecular formula is C17H23N3O2S. The number of thiazole rings is 1. The van der Waals surface area contributed by atoms with E-state index in [-0.39, 0.29) is 12.1 Å². The van der Waals surface area contributed by atoms with Crippen molar-refractivity contribution in [3.05, 3.63) is 52.5 Å². The van der Waals surface area contributed by atoms with Crippen molar-refractivity contribution in [1.82, 2.24) is 15.6 Å². The SMILES string of the molecule is CC(NC(=O)NC(C)(C)COCc1ccccc1)c1nccs1. The van der Waals surface area contributed by atoms with E-state index in [2.05, 4.69) is 15.6 Å². The van der Waals surface area contributed by atoms with Crippen LogP contribution in [0, 0.1) is 0 Å². The zero-order valence-electron chi connectivity index (χ0n) is 13.7. The van der Waals surface area contributed by atoms with Crippen LogP contribution in [0.25, 0.3) is 0 Å². The van der Waals surface area contributed by atoms with E-state index in [1.165, 1.54) is 11.3 Å². The van der Waals surface area contributed by atoms with Crippen LogP contribution in [-0.2, 0) is 11.3 Å². The summed E-state index contributed by atoms with van der Waals surface area (Å²) in [4.78, 5) is 16.3. The van der Waals surface area contributed by atoms with Crippen LogP contribution in [0.5, 0.6) is 0 Å². The standard InChI is InChI=1S/C17H23N3O2S/c1-13(15-18-9-10-23-15)19-16(21)20-17(2,3)12-22-11-14-7-5-4-6-8-14/h4-10,13H,11-12H2,1-3H3,(H2,19,20,21). The zero-order chi connectivity index (χ0) is 16.7. The number of urea groups is 1. The maximum Gasteiger partial charge on any atom is 0.315 e. The van der Waals surface area contributed by atoms with Crippen molar-refractivity contribution in [2.45, 2.75) is 39.0 Å². The molecule has 1 heterocycles. The summed E-state index contributed by atoms with van der Waals surface area (Å²) < 4.78 is 5.71. The van der Waals surface area contributed by atoms with Crippen LogP contribution in [0.1, 0.15) is 37.4 Å². The number of aromatic nitrogens is 1. The van der Waals surface area contributed by atoms with Gasteiger partial charge in [0.1, 0.15) is 5.01 Å². The Morgan fingerprint density at radius 1 is 1.35 bits per heavy atom. The summed E-state index contributed by atoms with van der Waals surface area (Å²) in [7, 11) is 0. The van der Waals surface area contributed by atoms with Gasteiger partial charge in [0.2, 0.25) is 0 Å². The molecule has 0 bridgehead atoms. The quantitative estimate of drug-likeness (QED) is 0.815. The number of carbonyl (C=O) groups excluding carboxylic acids is 1. The molecule has 2 aromatic rings. The van der Waals surface area contributed by atoms with Crippen LogP contribution in [0.4, 0.5) is 4.79 Å². The first-order valence-electron chi connectivity index (χ1n) is 7.56. The number of nitrogens with one attached hydrogen (secondary N) is 2. The fourth-order valence-corrected chi connectivity index (χ4v) is 2.73. The second-order valence-corrected chi connectivity index (χ2v) is 6.98. The molecular weight excluding hydrogens is 310 g/mol. The van der Waals surface area contributed by atoms with Gasteiger partial charge in [-0.05, 0) is 26.3 Å². The fourth-order valence-electron chi connectivity index (χ4n) is 2.08. The van der Waals surface area contributed by atoms with Crippen LogP contribution in [-0.4, -0.2) is 23.2 Å². The molecule has 2 rings (SSSR count). The van der Waals surface area contributed by atoms with E-state index in [0.29, 0.717) is 13.2 Å². The average Bonchev–Trinajstić information content (AvgIpc) is 3.01. The van der Waals surface area contributed by atoms with Gasteiger partial charge in [-0.1, -0.05) is 30.3 Å². The molecule has 0 aliphatic carbocycles. The highest BCUT2D eigenvalue weighted by atomic mass is 32.1. The Kier molecular flexibility index (Phi) is 6.12. The lowest BCUT2D eigenvalue weighted by Gasteiger charge is -2.27. The molecule has 124 valence electrons. The van der Waals surface area contributed by atoms with Crippen molar-refractivity contribution in [3.8, 4) is 0 Å². The summed E-state index contributed by atoms with van der Waals surface area (Å²) >= 11 is 1.52. The molecule has 1 unspecified atom stereocenters. The molecule has 1 atom stereocenters. The number of ether oxygens (including phenoxy) is 1. The third-order valence-electron chi connectivity index (χ3n) is 3.20. The smallest absolute Gasteiger partial charge is 0.315 e. The topological polar surface area (TPSA) is 63.2 Å². The highest BCUT2D eigenvalue weighted by Gasteiger charge is 2.22. The first kappa shape index (κ1) is 17.4. The molecule has 0 spiro atoms. The minimum absolute atomic E-state index is 0.115. The summed E-state index contributed by atoms with van der Waals surface area (Å²) in [5.41, 5.74) is 0.659. The number of rotatable bonds is 7. The van der Waals surface area contributed by atoms with Gasteiger partial charge in [0.25, 0.3) is 0 Å². The molecule has 23 heavy (non-hydrogen) atoms. The second kappa shape index (κ2) is 8.08. The number of amides is 2. The highest BCUT2D eigenvalue weighted by Crippen LogP contribution is 2.14. The number of nitrogens with zero attached hydrogens (tertiary/aromatic N) is 1. The Bertz CT molecular complexity index is 600. The second-order valence-electron chi connectivity index (χ2n) is 6.05. The molecule has 0 radical (unpaired) electrons. The Morgan fingerprint density at radius 2 is 2.09 bits per heavy atom. The molecule has 0 aliphatic rings. The summed E-state index contributed by atoms with van der Waals surface area (Å²) in [5.74, 6) is 0. The number of hydrogen-bond donors (Lipinski definition) is 2. The van der Waals surface area contributed by atoms with E-state index in [1.807, 2.05) is 56.5 Å². The van der Waals surface area contributed by atoms with Crippen LogP contribution >= 0.6 is 11.3 Å². The number of benzene rings is 1. The van der Waals surface area contributed by atoms with E-state index >= 15 is 0 Å². The normalized spacial score (nSPS) is 12.7. The van der Waals surface area contributed by atoms with E-state index in [0.717, 1.165) is 10.6 Å². The van der Waals surface area contributed by atoms with E-state index in [9.17, 15) is 4.79 Å². The minimum Gasteiger partial charge on any atom is -0.374 e. The first-order valence-corrected chi connectivity index (χ1v) is 8.44. The molecule has 1 aromatic carbocycles. The molecule has 0 saturated carbocycles. The molecule has 1 aromatic heterocycles. The average molecular weight is 333 g/mol. The first-order chi connectivity index (χ1) is 11.0. The molecule has 6 heteroatoms. The van der Waals surface area contributed by atoms with Gasteiger partial charge in [-0.3, -0.25) is 0 Å². The summed E-state index contributed by atoms with van der Waals surface area (Å²) in [6.07, 6.45) is 1.73. The fraction of sp³-hybridized carbons (Fsp3) is 0.412. The maximum atomic E-state index is 12.1. The maximum absolute atomic E-state index is 12.1. The van der Waals surface area contributed by atoms with Gasteiger partial charge in [-0.25, -0.2) is 9.78 Å². The van der Waals surface area contributed by atoms with Gasteiger partial charge in [0, 0.05) is 11.6 Å². The van der Waals surface area contributed by atoms with Gasteiger partial charge in [0.05, 0.1) is 24.8 Å². The van der Waals surface area contributed by atoms with Crippen molar-refractivity contribution >= 4 is 17.4 Å². The van der Waals surface area contributed by atoms with Gasteiger partial charge in [0.15, 0.2) is 0 Å². The largest absolute Gasteiger partial charge is 0.374 e. The molecule has 2 N–H and O–H groups in total. The third-order valence-corrected chi connectivity index (χ3v) is 4.15. The number of hydrogen-bond acceptors (Lipinski definition) is 4. The van der Waals surface area contributed by atoms with E-state index in [4.69, 9.17) is 4.74 Å². The van der Waals surface area contributed by atoms with Crippen LogP contribution < -0.4 is 10.6 Å². The summed E-state index contributed by atoms with van der Waals surface area (Å²) in [5, 5.41) is 8.61. The third kappa shape index (κ3) is 6.00. The summed E-state index contributed by atoms with van der Waals surface area (Å²) in [6, 6.07) is 9.64. The predicted octanol–water partition coefficient (Wildman–Crippen LogP) is 3.50. The molecule has 0 saturated heterocycles. The van der Waals surface area contributed by atoms with Crippen LogP contribution in [0.15, 0.2) is 41.9 Å². The van der Waals surface area contributed by atoms with Gasteiger partial charge in [-0.2, -0.15) is 0 Å². The van der Waals surface area contributed by atoms with Crippen LogP contribution in [0.2, 0.25) is 0 Å². The molecule has 0 aliphatic heterocycles. The number of carbonyl (C=O) groups is 1. The van der Waals surface area contributed by atoms with Gasteiger partial charge >= 0.3 is 6.03 Å². The predicted molar refractivity (Wildman–Crippen MR) is 92.4 cm³/mol. The van der Waals surface area contributed by atoms with E-state index < -0.39 is 5.54 Å². The van der Waals surface area contributed by atoms with Crippen LogP contribution in [0.3, 0.4) is 0 Å². The van der Waals surface area contributed by atoms with Crippen molar-refractivity contribution in [3.63, 3.8) is 0 Å². The van der Waals surface area contributed by atoms with E-state index in [1.54, 1.807) is 6.20 Å². The highest BCUT2D eigenvalue weighted by molar-refractivity contribution is 7.09. The summed E-state index contributed by atoms with van der Waals surface area (Å²) in [6.45, 7) is 6.75. The van der Waals surface area contributed by atoms with Crippen molar-refractivity contribution < 1.29 is 9.53 Å². The Morgan fingerprint density at radius 3 is 2.74 bits per heavy atom. The Hall–Kier alpha value is -1.92. The monoisotopic (exact) mass is 333 g/mol. The van der Waals surface area contributed by atoms with Crippen molar-refractivity contribution in [2.24, 2.45) is 0 Å². The zero-order valence-corrected chi connectivity index (χ0v) is 14.5. The molecule has 0 fully saturated rings. The lowest BCUT2D eigenvalue weighted by molar-refractivity contribution is 0.0742. The minimum atomic E-state index is -0.457. The van der Waals surface area contributed by atoms with Crippen molar-refractivity contribution in [2.75, 3.05) is 6.61 Å². The Balaban J connectivity index is 1.75. The van der Waals surface area contributed by atoms with Crippen molar-refractivity contribution in [1.29, 1.82) is 0 Å². The molecule has 2 amide bonds. The molecule has 5 nitrogen and oxygen atoms in total. The lowest BCUT2D eigenvalue weighted by atomic mass is 10.1. The Labute approximate surface area is 141 Å². The van der Waals surface area contributed by atoms with Gasteiger partial charge in [-0.15, -0.1) is 11.3 Å². The lowest BCUT2D eigenvalue weighted by Crippen LogP contribution is -2.51. The van der Waals surface area contributed by atoms with Gasteiger partial charge < -0.3 is 15.4 Å².